The second-order valence-electron chi connectivity index (χ2n) is 3.54. The number of rotatable bonds is 4. The van der Waals surface area contributed by atoms with Gasteiger partial charge in [-0.15, -0.1) is 0 Å². The number of carbonyl (C=O) groups excluding carboxylic acids is 1. The van der Waals surface area contributed by atoms with Crippen LogP contribution in [0.15, 0.2) is 16.9 Å². The van der Waals surface area contributed by atoms with Crippen LogP contribution in [0, 0.1) is 6.92 Å². The molecule has 2 N–H and O–H groups in total. The Labute approximate surface area is 88.7 Å². The predicted molar refractivity (Wildman–Crippen MR) is 59.1 cm³/mol. The molecule has 0 aliphatic rings. The van der Waals surface area contributed by atoms with Gasteiger partial charge in [0.05, 0.1) is 5.56 Å². The molecule has 4 heteroatoms. The first kappa shape index (κ1) is 11.7. The van der Waals surface area contributed by atoms with Gasteiger partial charge in [-0.1, -0.05) is 0 Å². The first-order valence-corrected chi connectivity index (χ1v) is 4.99. The van der Waals surface area contributed by atoms with Gasteiger partial charge in [0.1, 0.15) is 0 Å². The van der Waals surface area contributed by atoms with E-state index >= 15 is 0 Å². The number of aromatic nitrogens is 1. The predicted octanol–water partition coefficient (Wildman–Crippen LogP) is 0.708. The average molecular weight is 208 g/mol. The maximum Gasteiger partial charge on any atom is 0.261 e. The number of aryl methyl sites for hydroxylation is 1. The van der Waals surface area contributed by atoms with E-state index in [0.717, 1.165) is 12.1 Å². The fourth-order valence-corrected chi connectivity index (χ4v) is 1.47. The van der Waals surface area contributed by atoms with Crippen molar-refractivity contribution in [3.05, 3.63) is 33.7 Å². The fourth-order valence-electron chi connectivity index (χ4n) is 1.47. The molecule has 0 unspecified atom stereocenters. The monoisotopic (exact) mass is 208 g/mol. The molecule has 0 atom stereocenters. The van der Waals surface area contributed by atoms with Crippen LogP contribution in [0.1, 0.15) is 29.4 Å². The average Bonchev–Trinajstić information content (AvgIpc) is 2.17. The van der Waals surface area contributed by atoms with Crippen molar-refractivity contribution in [2.24, 2.45) is 5.73 Å². The lowest BCUT2D eigenvalue weighted by Gasteiger charge is -2.09. The maximum atomic E-state index is 11.8. The molecule has 0 bridgehead atoms. The third-order valence-corrected chi connectivity index (χ3v) is 2.36. The Bertz CT molecular complexity index is 421. The zero-order valence-electron chi connectivity index (χ0n) is 9.12. The minimum absolute atomic E-state index is 0.193. The van der Waals surface area contributed by atoms with E-state index in [0.29, 0.717) is 13.1 Å². The van der Waals surface area contributed by atoms with Crippen molar-refractivity contribution in [1.82, 2.24) is 4.57 Å². The minimum Gasteiger partial charge on any atom is -0.330 e. The highest BCUT2D eigenvalue weighted by molar-refractivity contribution is 5.93. The SMILES string of the molecule is CC(=O)c1ccc(C)n(CCCN)c1=O. The number of hydrogen-bond donors (Lipinski definition) is 1. The number of nitrogens with zero attached hydrogens (tertiary/aromatic N) is 1. The molecule has 0 amide bonds. The topological polar surface area (TPSA) is 65.1 Å². The summed E-state index contributed by atoms with van der Waals surface area (Å²) in [4.78, 5) is 23.0. The van der Waals surface area contributed by atoms with Crippen molar-refractivity contribution in [3.63, 3.8) is 0 Å². The molecule has 0 spiro atoms. The van der Waals surface area contributed by atoms with E-state index in [1.807, 2.05) is 6.92 Å². The van der Waals surface area contributed by atoms with Crippen LogP contribution in [0.5, 0.6) is 0 Å². The number of Topliss-reactive ketones (excluding diaryl/α,β-unsaturated/α-hetero) is 1. The normalized spacial score (nSPS) is 10.3. The molecule has 0 aromatic carbocycles. The van der Waals surface area contributed by atoms with E-state index < -0.39 is 0 Å². The number of hydrogen-bond acceptors (Lipinski definition) is 3. The van der Waals surface area contributed by atoms with Crippen molar-refractivity contribution >= 4 is 5.78 Å². The number of ketones is 1. The summed E-state index contributed by atoms with van der Waals surface area (Å²) in [7, 11) is 0. The molecule has 0 saturated carbocycles. The highest BCUT2D eigenvalue weighted by atomic mass is 16.1. The molecule has 15 heavy (non-hydrogen) atoms. The molecule has 1 rings (SSSR count). The summed E-state index contributed by atoms with van der Waals surface area (Å²) < 4.78 is 1.60. The Morgan fingerprint density at radius 1 is 1.47 bits per heavy atom. The lowest BCUT2D eigenvalue weighted by Crippen LogP contribution is -2.27. The number of carbonyl (C=O) groups is 1. The second kappa shape index (κ2) is 4.89. The minimum atomic E-state index is -0.212. The maximum absolute atomic E-state index is 11.8. The van der Waals surface area contributed by atoms with Gasteiger partial charge >= 0.3 is 0 Å². The Morgan fingerprint density at radius 2 is 2.13 bits per heavy atom. The summed E-state index contributed by atoms with van der Waals surface area (Å²) in [5.41, 5.74) is 6.29. The summed E-state index contributed by atoms with van der Waals surface area (Å²) in [5, 5.41) is 0. The molecule has 1 heterocycles. The number of nitrogens with two attached hydrogens (primary N) is 1. The van der Waals surface area contributed by atoms with Crippen LogP contribution in [-0.2, 0) is 6.54 Å². The van der Waals surface area contributed by atoms with Gasteiger partial charge in [-0.25, -0.2) is 0 Å². The van der Waals surface area contributed by atoms with Crippen molar-refractivity contribution in [1.29, 1.82) is 0 Å². The van der Waals surface area contributed by atoms with E-state index in [2.05, 4.69) is 0 Å². The summed E-state index contributed by atoms with van der Waals surface area (Å²) in [5.74, 6) is -0.193. The second-order valence-corrected chi connectivity index (χ2v) is 3.54. The van der Waals surface area contributed by atoms with Crippen molar-refractivity contribution in [2.45, 2.75) is 26.8 Å². The summed E-state index contributed by atoms with van der Waals surface area (Å²) in [6, 6.07) is 3.37. The van der Waals surface area contributed by atoms with Gasteiger partial charge < -0.3 is 10.3 Å². The molecule has 0 radical (unpaired) electrons. The first-order valence-electron chi connectivity index (χ1n) is 4.99. The van der Waals surface area contributed by atoms with Crippen LogP contribution in [0.25, 0.3) is 0 Å². The first-order chi connectivity index (χ1) is 7.07. The third kappa shape index (κ3) is 2.53. The molecule has 0 fully saturated rings. The van der Waals surface area contributed by atoms with Crippen LogP contribution < -0.4 is 11.3 Å². The largest absolute Gasteiger partial charge is 0.330 e. The van der Waals surface area contributed by atoms with E-state index in [4.69, 9.17) is 5.73 Å². The van der Waals surface area contributed by atoms with E-state index in [9.17, 15) is 9.59 Å². The molecular formula is C11H16N2O2. The smallest absolute Gasteiger partial charge is 0.261 e. The quantitative estimate of drug-likeness (QED) is 0.741. The highest BCUT2D eigenvalue weighted by Crippen LogP contribution is 2.00. The fraction of sp³-hybridized carbons (Fsp3) is 0.455. The Balaban J connectivity index is 3.18. The van der Waals surface area contributed by atoms with Crippen LogP contribution in [0.3, 0.4) is 0 Å². The van der Waals surface area contributed by atoms with Gasteiger partial charge in [-0.3, -0.25) is 9.59 Å². The van der Waals surface area contributed by atoms with Crippen molar-refractivity contribution < 1.29 is 4.79 Å². The Hall–Kier alpha value is -1.42. The molecule has 0 saturated heterocycles. The Kier molecular flexibility index (Phi) is 3.80. The summed E-state index contributed by atoms with van der Waals surface area (Å²) >= 11 is 0. The van der Waals surface area contributed by atoms with Gasteiger partial charge in [-0.05, 0) is 38.9 Å². The van der Waals surface area contributed by atoms with Crippen LogP contribution in [0.4, 0.5) is 0 Å². The lowest BCUT2D eigenvalue weighted by molar-refractivity contribution is 0.101. The third-order valence-electron chi connectivity index (χ3n) is 2.36. The van der Waals surface area contributed by atoms with Gasteiger partial charge in [-0.2, -0.15) is 0 Å². The van der Waals surface area contributed by atoms with E-state index in [1.54, 1.807) is 16.7 Å². The van der Waals surface area contributed by atoms with Crippen LogP contribution >= 0.6 is 0 Å². The zero-order valence-corrected chi connectivity index (χ0v) is 9.12. The van der Waals surface area contributed by atoms with E-state index in [-0.39, 0.29) is 16.9 Å². The van der Waals surface area contributed by atoms with Crippen molar-refractivity contribution in [2.75, 3.05) is 6.54 Å². The van der Waals surface area contributed by atoms with Gasteiger partial charge in [0.2, 0.25) is 0 Å². The van der Waals surface area contributed by atoms with E-state index in [1.165, 1.54) is 6.92 Å². The molecule has 4 nitrogen and oxygen atoms in total. The number of pyridine rings is 1. The van der Waals surface area contributed by atoms with Crippen LogP contribution in [-0.4, -0.2) is 16.9 Å². The summed E-state index contributed by atoms with van der Waals surface area (Å²) in [6.45, 7) is 4.36. The van der Waals surface area contributed by atoms with Crippen molar-refractivity contribution in [3.8, 4) is 0 Å². The van der Waals surface area contributed by atoms with Gasteiger partial charge in [0, 0.05) is 12.2 Å². The molecule has 1 aromatic heterocycles. The van der Waals surface area contributed by atoms with Crippen LogP contribution in [0.2, 0.25) is 0 Å². The molecule has 82 valence electrons. The Morgan fingerprint density at radius 3 is 2.67 bits per heavy atom. The zero-order chi connectivity index (χ0) is 11.4. The summed E-state index contributed by atoms with van der Waals surface area (Å²) in [6.07, 6.45) is 0.738. The molecule has 0 aliphatic heterocycles. The van der Waals surface area contributed by atoms with Gasteiger partial charge in [0.25, 0.3) is 5.56 Å². The molecule has 1 aromatic rings. The highest BCUT2D eigenvalue weighted by Gasteiger charge is 2.09. The molecule has 0 aliphatic carbocycles. The lowest BCUT2D eigenvalue weighted by atomic mass is 10.2. The standard InChI is InChI=1S/C11H16N2O2/c1-8-4-5-10(9(2)14)11(15)13(8)7-3-6-12/h4-5H,3,6-7,12H2,1-2H3. The van der Waals surface area contributed by atoms with Gasteiger partial charge in [0.15, 0.2) is 5.78 Å². The molecular weight excluding hydrogens is 192 g/mol.